The van der Waals surface area contributed by atoms with Crippen LogP contribution in [0, 0.1) is 5.92 Å². The number of nitrogens with two attached hydrogens (primary N) is 1. The fraction of sp³-hybridized carbons (Fsp3) is 0.833. The minimum atomic E-state index is -0.268. The summed E-state index contributed by atoms with van der Waals surface area (Å²) in [4.78, 5) is 26.8. The van der Waals surface area contributed by atoms with Crippen molar-refractivity contribution in [1.29, 1.82) is 0 Å². The number of rotatable bonds is 4. The summed E-state index contributed by atoms with van der Waals surface area (Å²) in [6, 6.07) is 0.111. The van der Waals surface area contributed by atoms with Gasteiger partial charge in [0.05, 0.1) is 6.54 Å². The highest BCUT2D eigenvalue weighted by molar-refractivity contribution is 5.96. The van der Waals surface area contributed by atoms with Crippen molar-refractivity contribution in [2.45, 2.75) is 25.3 Å². The first-order valence-corrected chi connectivity index (χ1v) is 6.62. The number of hydrogen-bond donors (Lipinski definition) is 2. The van der Waals surface area contributed by atoms with Crippen LogP contribution in [0.25, 0.3) is 0 Å². The Labute approximate surface area is 107 Å². The van der Waals surface area contributed by atoms with Crippen LogP contribution in [0.1, 0.15) is 19.3 Å². The van der Waals surface area contributed by atoms with E-state index in [9.17, 15) is 9.59 Å². The Morgan fingerprint density at radius 2 is 2.33 bits per heavy atom. The van der Waals surface area contributed by atoms with E-state index in [1.54, 1.807) is 0 Å². The number of carbonyl (C=O) groups excluding carboxylic acids is 2. The fourth-order valence-electron chi connectivity index (χ4n) is 3.00. The molecule has 1 saturated carbocycles. The van der Waals surface area contributed by atoms with Crippen LogP contribution in [0.3, 0.4) is 0 Å². The van der Waals surface area contributed by atoms with Crippen molar-refractivity contribution < 1.29 is 9.59 Å². The Kier molecular flexibility index (Phi) is 4.19. The van der Waals surface area contributed by atoms with Crippen LogP contribution in [-0.2, 0) is 4.79 Å². The molecule has 18 heavy (non-hydrogen) atoms. The smallest absolute Gasteiger partial charge is 0.324 e. The van der Waals surface area contributed by atoms with E-state index in [0.29, 0.717) is 38.1 Å². The van der Waals surface area contributed by atoms with Crippen molar-refractivity contribution in [3.05, 3.63) is 0 Å². The molecule has 6 nitrogen and oxygen atoms in total. The average molecular weight is 254 g/mol. The summed E-state index contributed by atoms with van der Waals surface area (Å²) in [6.07, 6.45) is 3.41. The minimum Gasteiger partial charge on any atom is -0.336 e. The summed E-state index contributed by atoms with van der Waals surface area (Å²) < 4.78 is 0. The second-order valence-corrected chi connectivity index (χ2v) is 5.19. The highest BCUT2D eigenvalue weighted by Gasteiger charge is 2.32. The lowest BCUT2D eigenvalue weighted by atomic mass is 10.0. The zero-order valence-electron chi connectivity index (χ0n) is 10.9. The zero-order chi connectivity index (χ0) is 13.1. The average Bonchev–Trinajstić information content (AvgIpc) is 2.96. The Hall–Kier alpha value is -1.14. The van der Waals surface area contributed by atoms with E-state index in [1.807, 2.05) is 7.05 Å². The Balaban J connectivity index is 1.88. The van der Waals surface area contributed by atoms with Crippen LogP contribution in [0.2, 0.25) is 0 Å². The van der Waals surface area contributed by atoms with E-state index in [4.69, 9.17) is 5.73 Å². The molecule has 0 aromatic heterocycles. The number of nitrogens with one attached hydrogen (secondary N) is 1. The van der Waals surface area contributed by atoms with Crippen molar-refractivity contribution in [1.82, 2.24) is 15.1 Å². The molecule has 1 heterocycles. The van der Waals surface area contributed by atoms with Crippen molar-refractivity contribution in [2.75, 3.05) is 33.2 Å². The minimum absolute atomic E-state index is 0.116. The topological polar surface area (TPSA) is 78.7 Å². The number of urea groups is 1. The molecule has 0 bridgehead atoms. The quantitative estimate of drug-likeness (QED) is 0.715. The Morgan fingerprint density at radius 3 is 2.94 bits per heavy atom. The second-order valence-electron chi connectivity index (χ2n) is 5.19. The number of hydrogen-bond acceptors (Lipinski definition) is 4. The molecule has 0 spiro atoms. The molecule has 1 aliphatic heterocycles. The van der Waals surface area contributed by atoms with Gasteiger partial charge < -0.3 is 11.1 Å². The summed E-state index contributed by atoms with van der Waals surface area (Å²) in [5, 5.41) is 2.64. The van der Waals surface area contributed by atoms with Gasteiger partial charge in [0.25, 0.3) is 0 Å². The summed E-state index contributed by atoms with van der Waals surface area (Å²) in [7, 11) is 1.95. The molecule has 2 fully saturated rings. The summed E-state index contributed by atoms with van der Waals surface area (Å²) in [6.45, 7) is 2.02. The predicted octanol–water partition coefficient (Wildman–Crippen LogP) is -0.403. The molecule has 0 aromatic carbocycles. The van der Waals surface area contributed by atoms with Gasteiger partial charge >= 0.3 is 6.03 Å². The predicted molar refractivity (Wildman–Crippen MR) is 67.9 cm³/mol. The fourth-order valence-corrected chi connectivity index (χ4v) is 3.00. The Morgan fingerprint density at radius 1 is 1.56 bits per heavy atom. The number of carbonyl (C=O) groups is 2. The standard InChI is InChI=1S/C12H22N4O2/c1-15(10-4-2-3-9(10)7-13)8-11(17)16-6-5-14-12(16)18/h9-10H,2-8,13H2,1H3,(H,14,18). The third-order valence-electron chi connectivity index (χ3n) is 4.03. The molecule has 1 saturated heterocycles. The highest BCUT2D eigenvalue weighted by Crippen LogP contribution is 2.28. The molecule has 2 unspecified atom stereocenters. The highest BCUT2D eigenvalue weighted by atomic mass is 16.2. The van der Waals surface area contributed by atoms with Crippen LogP contribution in [0.4, 0.5) is 4.79 Å². The molecule has 2 atom stereocenters. The maximum Gasteiger partial charge on any atom is 0.324 e. The zero-order valence-corrected chi connectivity index (χ0v) is 10.9. The lowest BCUT2D eigenvalue weighted by Gasteiger charge is -2.29. The first kappa shape index (κ1) is 13.3. The van der Waals surface area contributed by atoms with Gasteiger partial charge in [0, 0.05) is 19.1 Å². The van der Waals surface area contributed by atoms with Gasteiger partial charge in [-0.25, -0.2) is 4.79 Å². The number of likely N-dealkylation sites (N-methyl/N-ethyl adjacent to an activating group) is 1. The third kappa shape index (κ3) is 2.64. The monoisotopic (exact) mass is 254 g/mol. The first-order valence-electron chi connectivity index (χ1n) is 6.62. The second kappa shape index (κ2) is 5.67. The van der Waals surface area contributed by atoms with E-state index < -0.39 is 0 Å². The van der Waals surface area contributed by atoms with Crippen LogP contribution in [0.15, 0.2) is 0 Å². The van der Waals surface area contributed by atoms with E-state index in [1.165, 1.54) is 11.3 Å². The van der Waals surface area contributed by atoms with Gasteiger partial charge in [0.15, 0.2) is 0 Å². The maximum atomic E-state index is 12.0. The van der Waals surface area contributed by atoms with Crippen molar-refractivity contribution in [2.24, 2.45) is 11.7 Å². The molecular formula is C12H22N4O2. The lowest BCUT2D eigenvalue weighted by Crippen LogP contribution is -2.45. The van der Waals surface area contributed by atoms with Crippen LogP contribution in [0.5, 0.6) is 0 Å². The van der Waals surface area contributed by atoms with Gasteiger partial charge in [0.1, 0.15) is 0 Å². The van der Waals surface area contributed by atoms with E-state index in [2.05, 4.69) is 10.2 Å². The van der Waals surface area contributed by atoms with Gasteiger partial charge in [-0.1, -0.05) is 6.42 Å². The van der Waals surface area contributed by atoms with Crippen molar-refractivity contribution in [3.63, 3.8) is 0 Å². The van der Waals surface area contributed by atoms with Crippen molar-refractivity contribution >= 4 is 11.9 Å². The van der Waals surface area contributed by atoms with Gasteiger partial charge in [-0.3, -0.25) is 14.6 Å². The van der Waals surface area contributed by atoms with Gasteiger partial charge in [-0.2, -0.15) is 0 Å². The normalized spacial score (nSPS) is 27.9. The molecule has 1 aliphatic carbocycles. The molecular weight excluding hydrogens is 232 g/mol. The summed E-state index contributed by atoms with van der Waals surface area (Å²) >= 11 is 0. The van der Waals surface area contributed by atoms with Gasteiger partial charge in [0.2, 0.25) is 5.91 Å². The third-order valence-corrected chi connectivity index (χ3v) is 4.03. The van der Waals surface area contributed by atoms with Crippen LogP contribution in [-0.4, -0.2) is 61.0 Å². The lowest BCUT2D eigenvalue weighted by molar-refractivity contribution is -0.129. The van der Waals surface area contributed by atoms with E-state index in [-0.39, 0.29) is 11.9 Å². The number of nitrogens with zero attached hydrogens (tertiary/aromatic N) is 2. The molecule has 102 valence electrons. The van der Waals surface area contributed by atoms with Crippen LogP contribution >= 0.6 is 0 Å². The largest absolute Gasteiger partial charge is 0.336 e. The van der Waals surface area contributed by atoms with E-state index in [0.717, 1.165) is 12.8 Å². The molecule has 0 radical (unpaired) electrons. The molecule has 6 heteroatoms. The van der Waals surface area contributed by atoms with Crippen molar-refractivity contribution in [3.8, 4) is 0 Å². The summed E-state index contributed by atoms with van der Waals surface area (Å²) in [5.41, 5.74) is 5.75. The molecule has 2 aliphatic rings. The maximum absolute atomic E-state index is 12.0. The molecule has 3 amide bonds. The molecule has 0 aromatic rings. The SMILES string of the molecule is CN(CC(=O)N1CCNC1=O)C1CCCC1CN. The van der Waals surface area contributed by atoms with Gasteiger partial charge in [-0.15, -0.1) is 0 Å². The summed E-state index contributed by atoms with van der Waals surface area (Å²) in [5.74, 6) is 0.366. The number of imide groups is 1. The Bertz CT molecular complexity index is 334. The molecule has 2 rings (SSSR count). The molecule has 3 N–H and O–H groups in total. The first-order chi connectivity index (χ1) is 8.63. The van der Waals surface area contributed by atoms with Gasteiger partial charge in [-0.05, 0) is 32.4 Å². The number of amides is 3. The van der Waals surface area contributed by atoms with Crippen LogP contribution < -0.4 is 11.1 Å². The van der Waals surface area contributed by atoms with E-state index >= 15 is 0 Å².